The second-order valence-corrected chi connectivity index (χ2v) is 4.31. The molecule has 2 rings (SSSR count). The van der Waals surface area contributed by atoms with Crippen LogP contribution in [-0.2, 0) is 6.42 Å². The molecule has 2 aromatic heterocycles. The lowest BCUT2D eigenvalue weighted by Crippen LogP contribution is -1.89. The Morgan fingerprint density at radius 3 is 2.64 bits per heavy atom. The topological polar surface area (TPSA) is 25.8 Å². The Morgan fingerprint density at radius 1 is 1.21 bits per heavy atom. The van der Waals surface area contributed by atoms with E-state index in [1.165, 1.54) is 5.56 Å². The van der Waals surface area contributed by atoms with Crippen LogP contribution in [0.2, 0.25) is 0 Å². The highest BCUT2D eigenvalue weighted by Crippen LogP contribution is 2.13. The van der Waals surface area contributed by atoms with Crippen LogP contribution in [0.5, 0.6) is 0 Å². The fourth-order valence-corrected chi connectivity index (χ4v) is 2.07. The Kier molecular flexibility index (Phi) is 2.59. The first-order chi connectivity index (χ1) is 6.74. The second kappa shape index (κ2) is 3.88. The van der Waals surface area contributed by atoms with E-state index in [0.29, 0.717) is 0 Å². The van der Waals surface area contributed by atoms with Crippen LogP contribution < -0.4 is 0 Å². The van der Waals surface area contributed by atoms with Crippen LogP contribution >= 0.6 is 11.3 Å². The van der Waals surface area contributed by atoms with E-state index in [4.69, 9.17) is 0 Å². The molecule has 0 N–H and O–H groups in total. The van der Waals surface area contributed by atoms with Crippen molar-refractivity contribution >= 4 is 11.3 Å². The van der Waals surface area contributed by atoms with Crippen molar-refractivity contribution in [2.75, 3.05) is 0 Å². The van der Waals surface area contributed by atoms with Crippen LogP contribution in [-0.4, -0.2) is 9.97 Å². The molecule has 72 valence electrons. The van der Waals surface area contributed by atoms with Crippen molar-refractivity contribution in [2.45, 2.75) is 20.3 Å². The fraction of sp³-hybridized carbons (Fsp3) is 0.273. The maximum Gasteiger partial charge on any atom is 0.0972 e. The van der Waals surface area contributed by atoms with Crippen LogP contribution in [0.1, 0.15) is 22.0 Å². The third-order valence-electron chi connectivity index (χ3n) is 1.99. The predicted molar refractivity (Wildman–Crippen MR) is 58.6 cm³/mol. The quantitative estimate of drug-likeness (QED) is 0.751. The summed E-state index contributed by atoms with van der Waals surface area (Å²) in [5.41, 5.74) is 3.39. The summed E-state index contributed by atoms with van der Waals surface area (Å²) >= 11 is 1.71. The molecule has 2 heterocycles. The number of rotatable bonds is 2. The average molecular weight is 204 g/mol. The Hall–Kier alpha value is -1.22. The highest BCUT2D eigenvalue weighted by molar-refractivity contribution is 7.09. The van der Waals surface area contributed by atoms with Gasteiger partial charge in [0.1, 0.15) is 0 Å². The maximum atomic E-state index is 4.42. The van der Waals surface area contributed by atoms with Gasteiger partial charge in [0.25, 0.3) is 0 Å². The van der Waals surface area contributed by atoms with Crippen LogP contribution in [0.3, 0.4) is 0 Å². The molecule has 0 aliphatic heterocycles. The minimum absolute atomic E-state index is 0.895. The molecule has 2 nitrogen and oxygen atoms in total. The van der Waals surface area contributed by atoms with Gasteiger partial charge >= 0.3 is 0 Å². The van der Waals surface area contributed by atoms with Gasteiger partial charge in [-0.3, -0.25) is 4.98 Å². The van der Waals surface area contributed by atoms with Gasteiger partial charge in [-0.2, -0.15) is 0 Å². The number of aryl methyl sites for hydroxylation is 2. The van der Waals surface area contributed by atoms with E-state index in [9.17, 15) is 0 Å². The Labute approximate surface area is 87.7 Å². The van der Waals surface area contributed by atoms with Crippen molar-refractivity contribution < 1.29 is 0 Å². The first-order valence-corrected chi connectivity index (χ1v) is 5.44. The molecule has 14 heavy (non-hydrogen) atoms. The highest BCUT2D eigenvalue weighted by Gasteiger charge is 2.00. The van der Waals surface area contributed by atoms with Gasteiger partial charge < -0.3 is 0 Å². The van der Waals surface area contributed by atoms with E-state index in [1.54, 1.807) is 11.3 Å². The zero-order valence-electron chi connectivity index (χ0n) is 8.32. The molecule has 0 atom stereocenters. The van der Waals surface area contributed by atoms with Gasteiger partial charge in [0.15, 0.2) is 0 Å². The molecule has 3 heteroatoms. The molecule has 0 spiro atoms. The van der Waals surface area contributed by atoms with Crippen LogP contribution in [0.25, 0.3) is 0 Å². The van der Waals surface area contributed by atoms with Gasteiger partial charge in [-0.1, -0.05) is 6.07 Å². The molecule has 0 unspecified atom stereocenters. The van der Waals surface area contributed by atoms with Crippen molar-refractivity contribution in [1.29, 1.82) is 0 Å². The summed E-state index contributed by atoms with van der Waals surface area (Å²) in [6, 6.07) is 4.15. The van der Waals surface area contributed by atoms with Crippen LogP contribution in [0.15, 0.2) is 23.7 Å². The summed E-state index contributed by atoms with van der Waals surface area (Å²) in [5, 5.41) is 3.24. The predicted octanol–water partition coefficient (Wildman–Crippen LogP) is 2.75. The Morgan fingerprint density at radius 2 is 2.07 bits per heavy atom. The number of aromatic nitrogens is 2. The number of thiazole rings is 1. The van der Waals surface area contributed by atoms with Gasteiger partial charge in [-0.15, -0.1) is 11.3 Å². The molecule has 0 aromatic carbocycles. The summed E-state index contributed by atoms with van der Waals surface area (Å²) in [7, 11) is 0. The molecule has 0 fully saturated rings. The van der Waals surface area contributed by atoms with E-state index in [2.05, 4.69) is 21.4 Å². The van der Waals surface area contributed by atoms with Crippen LogP contribution in [0, 0.1) is 13.8 Å². The molecule has 2 aromatic rings. The molecule has 0 radical (unpaired) electrons. The molecular formula is C11H12N2S. The lowest BCUT2D eigenvalue weighted by Gasteiger charge is -1.97. The molecule has 0 saturated carbocycles. The molecule has 0 saturated heterocycles. The SMILES string of the molecule is Cc1ccc(Cc2nc(C)cs2)cn1. The van der Waals surface area contributed by atoms with Gasteiger partial charge in [-0.25, -0.2) is 4.98 Å². The van der Waals surface area contributed by atoms with Crippen LogP contribution in [0.4, 0.5) is 0 Å². The van der Waals surface area contributed by atoms with Crippen molar-refractivity contribution in [2.24, 2.45) is 0 Å². The standard InChI is InChI=1S/C11H12N2S/c1-8-3-4-10(6-12-8)5-11-13-9(2)7-14-11/h3-4,6-7H,5H2,1-2H3. The molecular weight excluding hydrogens is 192 g/mol. The third-order valence-corrected chi connectivity index (χ3v) is 2.96. The zero-order chi connectivity index (χ0) is 9.97. The smallest absolute Gasteiger partial charge is 0.0972 e. The van der Waals surface area contributed by atoms with Crippen molar-refractivity contribution in [3.8, 4) is 0 Å². The minimum Gasteiger partial charge on any atom is -0.261 e. The number of nitrogens with zero attached hydrogens (tertiary/aromatic N) is 2. The minimum atomic E-state index is 0.895. The van der Waals surface area contributed by atoms with E-state index in [-0.39, 0.29) is 0 Å². The molecule has 0 aliphatic rings. The van der Waals surface area contributed by atoms with Crippen molar-refractivity contribution in [3.63, 3.8) is 0 Å². The molecule has 0 amide bonds. The third kappa shape index (κ3) is 2.17. The normalized spacial score (nSPS) is 10.4. The van der Waals surface area contributed by atoms with Crippen molar-refractivity contribution in [3.05, 3.63) is 45.7 Å². The van der Waals surface area contributed by atoms with Crippen molar-refractivity contribution in [1.82, 2.24) is 9.97 Å². The van der Waals surface area contributed by atoms with Gasteiger partial charge in [0.05, 0.1) is 5.01 Å². The number of hydrogen-bond acceptors (Lipinski definition) is 3. The lowest BCUT2D eigenvalue weighted by molar-refractivity contribution is 1.07. The summed E-state index contributed by atoms with van der Waals surface area (Å²) in [4.78, 5) is 8.68. The summed E-state index contributed by atoms with van der Waals surface area (Å²) in [5.74, 6) is 0. The summed E-state index contributed by atoms with van der Waals surface area (Å²) in [6.07, 6.45) is 2.82. The van der Waals surface area contributed by atoms with E-state index in [1.807, 2.05) is 26.1 Å². The summed E-state index contributed by atoms with van der Waals surface area (Å²) in [6.45, 7) is 4.02. The van der Waals surface area contributed by atoms with Gasteiger partial charge in [0.2, 0.25) is 0 Å². The highest BCUT2D eigenvalue weighted by atomic mass is 32.1. The lowest BCUT2D eigenvalue weighted by atomic mass is 10.2. The average Bonchev–Trinajstić information content (AvgIpc) is 2.56. The molecule has 0 bridgehead atoms. The van der Waals surface area contributed by atoms with E-state index < -0.39 is 0 Å². The molecule has 0 aliphatic carbocycles. The van der Waals surface area contributed by atoms with Gasteiger partial charge in [-0.05, 0) is 25.5 Å². The van der Waals surface area contributed by atoms with E-state index >= 15 is 0 Å². The van der Waals surface area contributed by atoms with E-state index in [0.717, 1.165) is 22.8 Å². The zero-order valence-corrected chi connectivity index (χ0v) is 9.14. The number of hydrogen-bond donors (Lipinski definition) is 0. The maximum absolute atomic E-state index is 4.42. The fourth-order valence-electron chi connectivity index (χ4n) is 1.26. The first-order valence-electron chi connectivity index (χ1n) is 4.56. The Bertz CT molecular complexity index is 417. The number of pyridine rings is 1. The summed E-state index contributed by atoms with van der Waals surface area (Å²) < 4.78 is 0. The Balaban J connectivity index is 2.15. The van der Waals surface area contributed by atoms with Gasteiger partial charge in [0, 0.05) is 29.4 Å². The largest absolute Gasteiger partial charge is 0.261 e. The second-order valence-electron chi connectivity index (χ2n) is 3.37. The monoisotopic (exact) mass is 204 g/mol. The first kappa shape index (κ1) is 9.34.